The topological polar surface area (TPSA) is 163 Å². The van der Waals surface area contributed by atoms with Crippen molar-refractivity contribution in [2.45, 2.75) is 82.9 Å². The number of aliphatic hydroxyl groups is 1. The van der Waals surface area contributed by atoms with Gasteiger partial charge in [0.05, 0.1) is 17.7 Å². The average Bonchev–Trinajstić information content (AvgIpc) is 4.05. The monoisotopic (exact) mass is 958 g/mol. The predicted octanol–water partition coefficient (Wildman–Crippen LogP) is 11.6. The van der Waals surface area contributed by atoms with Crippen molar-refractivity contribution in [1.29, 1.82) is 0 Å². The quantitative estimate of drug-likeness (QED) is 0.0815. The van der Waals surface area contributed by atoms with Gasteiger partial charge < -0.3 is 34.8 Å². The Labute approximate surface area is 413 Å². The third-order valence-electron chi connectivity index (χ3n) is 12.8. The van der Waals surface area contributed by atoms with Gasteiger partial charge in [0, 0.05) is 41.9 Å². The average molecular weight is 959 g/mol. The van der Waals surface area contributed by atoms with Crippen LogP contribution in [0.25, 0.3) is 45.4 Å². The van der Waals surface area contributed by atoms with E-state index in [9.17, 15) is 13.9 Å². The van der Waals surface area contributed by atoms with Gasteiger partial charge in [-0.15, -0.1) is 0 Å². The fourth-order valence-corrected chi connectivity index (χ4v) is 9.08. The van der Waals surface area contributed by atoms with Gasteiger partial charge in [0.1, 0.15) is 34.4 Å². The van der Waals surface area contributed by atoms with Crippen molar-refractivity contribution in [3.8, 4) is 45.4 Å². The number of anilines is 2. The number of β-amino-alcohol motifs (C(OH)–C–C–N with tert-alkyl or cyclic N) is 1. The normalized spacial score (nSPS) is 15.6. The summed E-state index contributed by atoms with van der Waals surface area (Å²) in [6.07, 6.45) is 7.10. The predicted molar refractivity (Wildman–Crippen MR) is 272 cm³/mol. The van der Waals surface area contributed by atoms with Crippen molar-refractivity contribution in [1.82, 2.24) is 40.1 Å². The van der Waals surface area contributed by atoms with E-state index in [2.05, 4.69) is 68.9 Å². The van der Waals surface area contributed by atoms with Crippen molar-refractivity contribution < 1.29 is 22.7 Å². The SMILES string of the molecule is C[C@H](Nc1nccc(-c2oc(C3CCN(CC(C)(C)O)CC3)nc2-c2ccc(F)cc2)n1)c1ccccc1.C[C@H](Nc1nccc(-c2oc(C3CCNCC3)nc2-c2ccc(F)cc2)n1)c1ccccc1. The lowest BCUT2D eigenvalue weighted by atomic mass is 9.95. The summed E-state index contributed by atoms with van der Waals surface area (Å²) in [6.45, 7) is 12.0. The highest BCUT2D eigenvalue weighted by Gasteiger charge is 2.30. The molecule has 0 bridgehead atoms. The second-order valence-corrected chi connectivity index (χ2v) is 18.9. The van der Waals surface area contributed by atoms with Gasteiger partial charge >= 0.3 is 0 Å². The number of halogens is 2. The maximum absolute atomic E-state index is 13.7. The van der Waals surface area contributed by atoms with E-state index in [0.717, 1.165) is 74.1 Å². The Morgan fingerprint density at radius 1 is 0.606 bits per heavy atom. The number of hydrogen-bond donors (Lipinski definition) is 4. The molecule has 6 heterocycles. The molecule has 4 aromatic heterocycles. The molecular weight excluding hydrogens is 899 g/mol. The standard InChI is InChI=1S/C30H34FN5O2.C26H26FN5O/c1-20(21-7-5-4-6-8-21)33-29-32-16-13-25(34-29)27-26(22-9-11-24(31)12-10-22)35-28(38-27)23-14-17-36(18-15-23)19-30(2,3)37;1-17(18-5-3-2-4-6-18)30-26-29-16-13-22(31-26)24-23(19-7-9-21(27)10-8-19)32-25(33-24)20-11-14-28-15-12-20/h4-13,16,20,23,37H,14-15,17-19H2,1-3H3,(H,32,33,34);2-10,13,16-17,20,28H,11-12,14-15H2,1H3,(H,29,30,31)/t20-;17-/m00/s1. The summed E-state index contributed by atoms with van der Waals surface area (Å²) < 4.78 is 40.0. The second kappa shape index (κ2) is 22.3. The van der Waals surface area contributed by atoms with Crippen LogP contribution in [0.3, 0.4) is 0 Å². The number of piperidine rings is 2. The highest BCUT2D eigenvalue weighted by molar-refractivity contribution is 5.76. The molecule has 4 N–H and O–H groups in total. The van der Waals surface area contributed by atoms with Crippen LogP contribution in [0.2, 0.25) is 0 Å². The first-order chi connectivity index (χ1) is 34.4. The van der Waals surface area contributed by atoms with E-state index in [1.165, 1.54) is 24.3 Å². The van der Waals surface area contributed by atoms with Gasteiger partial charge in [0.15, 0.2) is 23.3 Å². The summed E-state index contributed by atoms with van der Waals surface area (Å²) in [5.41, 5.74) is 5.67. The van der Waals surface area contributed by atoms with Crippen LogP contribution < -0.4 is 16.0 Å². The van der Waals surface area contributed by atoms with Crippen molar-refractivity contribution in [2.75, 3.05) is 43.4 Å². The third kappa shape index (κ3) is 12.6. The summed E-state index contributed by atoms with van der Waals surface area (Å²) >= 11 is 0. The van der Waals surface area contributed by atoms with E-state index < -0.39 is 5.60 Å². The van der Waals surface area contributed by atoms with Gasteiger partial charge in [-0.1, -0.05) is 60.7 Å². The molecule has 0 aliphatic carbocycles. The van der Waals surface area contributed by atoms with Gasteiger partial charge in [-0.2, -0.15) is 0 Å². The van der Waals surface area contributed by atoms with Crippen LogP contribution in [0.15, 0.2) is 143 Å². The van der Waals surface area contributed by atoms with E-state index in [1.807, 2.05) is 62.4 Å². The number of hydrogen-bond acceptors (Lipinski definition) is 13. The third-order valence-corrected chi connectivity index (χ3v) is 12.8. The summed E-state index contributed by atoms with van der Waals surface area (Å²) in [4.78, 5) is 30.3. The zero-order valence-corrected chi connectivity index (χ0v) is 40.5. The molecule has 2 atom stereocenters. The molecule has 2 aliphatic rings. The fraction of sp³-hybridized carbons (Fsp3) is 0.321. The van der Waals surface area contributed by atoms with E-state index in [1.54, 1.807) is 36.7 Å². The molecule has 15 heteroatoms. The molecule has 8 aromatic rings. The summed E-state index contributed by atoms with van der Waals surface area (Å²) in [5.74, 6) is 3.29. The fourth-order valence-electron chi connectivity index (χ4n) is 9.08. The molecular formula is C56H60F2N10O3. The molecule has 366 valence electrons. The maximum atomic E-state index is 13.7. The zero-order chi connectivity index (χ0) is 49.3. The van der Waals surface area contributed by atoms with Crippen LogP contribution in [0.5, 0.6) is 0 Å². The Morgan fingerprint density at radius 2 is 1.03 bits per heavy atom. The molecule has 0 radical (unpaired) electrons. The Balaban J connectivity index is 0.000000177. The molecule has 0 spiro atoms. The van der Waals surface area contributed by atoms with Crippen molar-refractivity contribution in [3.05, 3.63) is 168 Å². The molecule has 4 aromatic carbocycles. The first kappa shape index (κ1) is 48.8. The van der Waals surface area contributed by atoms with Crippen LogP contribution in [0.1, 0.15) is 100 Å². The molecule has 0 amide bonds. The Kier molecular flexibility index (Phi) is 15.3. The lowest BCUT2D eigenvalue weighted by molar-refractivity contribution is 0.0273. The molecule has 13 nitrogen and oxygen atoms in total. The van der Waals surface area contributed by atoms with E-state index in [-0.39, 0.29) is 35.6 Å². The van der Waals surface area contributed by atoms with Gasteiger partial charge in [0.2, 0.25) is 11.9 Å². The minimum atomic E-state index is -0.727. The minimum Gasteiger partial charge on any atom is -0.438 e. The van der Waals surface area contributed by atoms with Crippen molar-refractivity contribution in [2.24, 2.45) is 0 Å². The van der Waals surface area contributed by atoms with Crippen LogP contribution in [-0.2, 0) is 0 Å². The van der Waals surface area contributed by atoms with Gasteiger partial charge in [0.25, 0.3) is 0 Å². The summed E-state index contributed by atoms with van der Waals surface area (Å²) in [7, 11) is 0. The molecule has 0 unspecified atom stereocenters. The molecule has 2 aliphatic heterocycles. The van der Waals surface area contributed by atoms with Crippen molar-refractivity contribution in [3.63, 3.8) is 0 Å². The van der Waals surface area contributed by atoms with Crippen LogP contribution in [-0.4, -0.2) is 78.2 Å². The highest BCUT2D eigenvalue weighted by atomic mass is 19.1. The van der Waals surface area contributed by atoms with Gasteiger partial charge in [-0.3, -0.25) is 0 Å². The number of rotatable bonds is 14. The van der Waals surface area contributed by atoms with Crippen molar-refractivity contribution >= 4 is 11.9 Å². The molecule has 2 saturated heterocycles. The van der Waals surface area contributed by atoms with Gasteiger partial charge in [-0.25, -0.2) is 38.7 Å². The lowest BCUT2D eigenvalue weighted by Crippen LogP contribution is -2.42. The minimum absolute atomic E-state index is 0.0161. The number of nitrogens with one attached hydrogen (secondary N) is 3. The maximum Gasteiger partial charge on any atom is 0.223 e. The van der Waals surface area contributed by atoms with Gasteiger partial charge in [-0.05, 0) is 151 Å². The van der Waals surface area contributed by atoms with Crippen LogP contribution in [0, 0.1) is 11.6 Å². The first-order valence-corrected chi connectivity index (χ1v) is 24.4. The van der Waals surface area contributed by atoms with Crippen LogP contribution in [0.4, 0.5) is 20.7 Å². The Bertz CT molecular complexity index is 2950. The Hall–Kier alpha value is -7.20. The number of nitrogens with zero attached hydrogens (tertiary/aromatic N) is 7. The molecule has 2 fully saturated rings. The van der Waals surface area contributed by atoms with E-state index in [4.69, 9.17) is 28.8 Å². The number of benzene rings is 4. The molecule has 10 rings (SSSR count). The van der Waals surface area contributed by atoms with E-state index in [0.29, 0.717) is 64.5 Å². The molecule has 0 saturated carbocycles. The largest absolute Gasteiger partial charge is 0.438 e. The van der Waals surface area contributed by atoms with Crippen LogP contribution >= 0.6 is 0 Å². The smallest absolute Gasteiger partial charge is 0.223 e. The first-order valence-electron chi connectivity index (χ1n) is 24.4. The summed E-state index contributed by atoms with van der Waals surface area (Å²) in [5, 5.41) is 20.3. The number of likely N-dealkylation sites (tertiary alicyclic amines) is 1. The number of aromatic nitrogens is 6. The number of oxazole rings is 2. The summed E-state index contributed by atoms with van der Waals surface area (Å²) in [6, 6.07) is 36.5. The Morgan fingerprint density at radius 3 is 1.45 bits per heavy atom. The highest BCUT2D eigenvalue weighted by Crippen LogP contribution is 2.39. The zero-order valence-electron chi connectivity index (χ0n) is 40.5. The van der Waals surface area contributed by atoms with E-state index >= 15 is 0 Å². The molecule has 71 heavy (non-hydrogen) atoms. The second-order valence-electron chi connectivity index (χ2n) is 18.9. The lowest BCUT2D eigenvalue weighted by Gasteiger charge is -2.34.